The van der Waals surface area contributed by atoms with Crippen LogP contribution in [0.25, 0.3) is 0 Å². The van der Waals surface area contributed by atoms with Gasteiger partial charge in [-0.05, 0) is 49.4 Å². The maximum atomic E-state index is 12.3. The summed E-state index contributed by atoms with van der Waals surface area (Å²) in [4.78, 5) is 27.3. The monoisotopic (exact) mass is 396 g/mol. The van der Waals surface area contributed by atoms with E-state index in [1.54, 1.807) is 0 Å². The van der Waals surface area contributed by atoms with Gasteiger partial charge < -0.3 is 15.1 Å². The highest BCUT2D eigenvalue weighted by Gasteiger charge is 2.23. The van der Waals surface area contributed by atoms with Crippen LogP contribution in [0.5, 0.6) is 0 Å². The molecule has 132 valence electrons. The second kappa shape index (κ2) is 8.62. The maximum absolute atomic E-state index is 12.3. The number of piperidine rings is 1. The van der Waals surface area contributed by atoms with Crippen LogP contribution in [-0.2, 0) is 9.59 Å². The number of hydrogen-bond acceptors (Lipinski definition) is 2. The fourth-order valence-electron chi connectivity index (χ4n) is 2.93. The molecule has 0 aromatic heterocycles. The Balaban J connectivity index is 1.79. The fourth-order valence-corrected chi connectivity index (χ4v) is 3.40. The van der Waals surface area contributed by atoms with E-state index in [1.165, 1.54) is 0 Å². The highest BCUT2D eigenvalue weighted by Crippen LogP contribution is 2.19. The predicted molar refractivity (Wildman–Crippen MR) is 99.1 cm³/mol. The van der Waals surface area contributed by atoms with E-state index >= 15 is 0 Å². The standard InChI is InChI=1S/C18H26BrN3O2/c1-13-6-8-22(9-7-13)18(24)12-21(3)11-17(23)20-16-5-4-15(19)10-14(16)2/h4-5,10,13H,6-9,11-12H2,1-3H3,(H,20,23)/p+1. The second-order valence-electron chi connectivity index (χ2n) is 6.88. The predicted octanol–water partition coefficient (Wildman–Crippen LogP) is 1.47. The molecule has 6 heteroatoms. The Morgan fingerprint density at radius 2 is 1.96 bits per heavy atom. The van der Waals surface area contributed by atoms with Crippen LogP contribution < -0.4 is 10.2 Å². The summed E-state index contributed by atoms with van der Waals surface area (Å²) in [6, 6.07) is 5.75. The van der Waals surface area contributed by atoms with Gasteiger partial charge in [0.1, 0.15) is 0 Å². The lowest BCUT2D eigenvalue weighted by Crippen LogP contribution is -3.11. The second-order valence-corrected chi connectivity index (χ2v) is 7.80. The van der Waals surface area contributed by atoms with Crippen molar-refractivity contribution >= 4 is 33.4 Å². The molecule has 0 saturated carbocycles. The van der Waals surface area contributed by atoms with Crippen molar-refractivity contribution in [2.45, 2.75) is 26.7 Å². The molecule has 5 nitrogen and oxygen atoms in total. The number of likely N-dealkylation sites (N-methyl/N-ethyl adjacent to an activating group) is 1. The van der Waals surface area contributed by atoms with Crippen molar-refractivity contribution in [3.05, 3.63) is 28.2 Å². The van der Waals surface area contributed by atoms with Gasteiger partial charge in [0.2, 0.25) is 0 Å². The number of aryl methyl sites for hydroxylation is 1. The minimum Gasteiger partial charge on any atom is -0.338 e. The molecule has 0 spiro atoms. The van der Waals surface area contributed by atoms with E-state index in [1.807, 2.05) is 37.1 Å². The molecule has 2 amide bonds. The molecule has 1 saturated heterocycles. The Morgan fingerprint density at radius 3 is 2.58 bits per heavy atom. The molecular formula is C18H27BrN3O2+. The van der Waals surface area contributed by atoms with Gasteiger partial charge >= 0.3 is 0 Å². The number of nitrogens with one attached hydrogen (secondary N) is 2. The van der Waals surface area contributed by atoms with Crippen LogP contribution in [0.3, 0.4) is 0 Å². The van der Waals surface area contributed by atoms with Gasteiger partial charge in [-0.2, -0.15) is 0 Å². The number of benzene rings is 1. The molecule has 1 heterocycles. The maximum Gasteiger partial charge on any atom is 0.279 e. The summed E-state index contributed by atoms with van der Waals surface area (Å²) in [5.41, 5.74) is 1.82. The number of anilines is 1. The number of hydrogen-bond donors (Lipinski definition) is 2. The number of carbonyl (C=O) groups excluding carboxylic acids is 2. The molecule has 1 aromatic rings. The van der Waals surface area contributed by atoms with Gasteiger partial charge in [0.25, 0.3) is 11.8 Å². The third-order valence-corrected chi connectivity index (χ3v) is 5.01. The Kier molecular flexibility index (Phi) is 6.80. The lowest BCUT2D eigenvalue weighted by Gasteiger charge is -2.30. The molecule has 1 aliphatic heterocycles. The zero-order chi connectivity index (χ0) is 17.7. The highest BCUT2D eigenvalue weighted by atomic mass is 79.9. The number of amides is 2. The van der Waals surface area contributed by atoms with Crippen LogP contribution in [-0.4, -0.2) is 49.9 Å². The van der Waals surface area contributed by atoms with Gasteiger partial charge in [-0.15, -0.1) is 0 Å². The molecule has 1 aromatic carbocycles. The summed E-state index contributed by atoms with van der Waals surface area (Å²) >= 11 is 3.41. The van der Waals surface area contributed by atoms with E-state index in [4.69, 9.17) is 0 Å². The number of nitrogens with zero attached hydrogens (tertiary/aromatic N) is 1. The first-order valence-electron chi connectivity index (χ1n) is 8.50. The van der Waals surface area contributed by atoms with Gasteiger partial charge in [-0.25, -0.2) is 0 Å². The molecule has 1 atom stereocenters. The summed E-state index contributed by atoms with van der Waals surface area (Å²) in [5.74, 6) is 0.782. The van der Waals surface area contributed by atoms with Crippen LogP contribution in [0.1, 0.15) is 25.3 Å². The van der Waals surface area contributed by atoms with Gasteiger partial charge in [-0.1, -0.05) is 22.9 Å². The van der Waals surface area contributed by atoms with E-state index in [2.05, 4.69) is 28.2 Å². The Labute approximate surface area is 152 Å². The first kappa shape index (κ1) is 18.9. The molecule has 1 fully saturated rings. The highest BCUT2D eigenvalue weighted by molar-refractivity contribution is 9.10. The largest absolute Gasteiger partial charge is 0.338 e. The molecule has 1 aliphatic rings. The van der Waals surface area contributed by atoms with E-state index in [0.717, 1.165) is 46.6 Å². The minimum atomic E-state index is -0.0713. The van der Waals surface area contributed by atoms with Gasteiger partial charge in [0.05, 0.1) is 7.05 Å². The summed E-state index contributed by atoms with van der Waals surface area (Å²) in [6.45, 7) is 6.52. The molecule has 0 aliphatic carbocycles. The molecule has 1 unspecified atom stereocenters. The molecule has 0 bridgehead atoms. The van der Waals surface area contributed by atoms with E-state index in [9.17, 15) is 9.59 Å². The fraction of sp³-hybridized carbons (Fsp3) is 0.556. The van der Waals surface area contributed by atoms with Crippen LogP contribution in [0.15, 0.2) is 22.7 Å². The van der Waals surface area contributed by atoms with E-state index in [-0.39, 0.29) is 18.4 Å². The van der Waals surface area contributed by atoms with Crippen molar-refractivity contribution in [3.63, 3.8) is 0 Å². The third kappa shape index (κ3) is 5.60. The summed E-state index contributed by atoms with van der Waals surface area (Å²) in [7, 11) is 1.89. The third-order valence-electron chi connectivity index (χ3n) is 4.51. The Bertz CT molecular complexity index is 598. The summed E-state index contributed by atoms with van der Waals surface area (Å²) in [6.07, 6.45) is 2.15. The quantitative estimate of drug-likeness (QED) is 0.791. The SMILES string of the molecule is Cc1cc(Br)ccc1NC(=O)C[NH+](C)CC(=O)N1CCC(C)CC1. The zero-order valence-corrected chi connectivity index (χ0v) is 16.3. The smallest absolute Gasteiger partial charge is 0.279 e. The van der Waals surface area contributed by atoms with Crippen LogP contribution in [0.4, 0.5) is 5.69 Å². The van der Waals surface area contributed by atoms with Crippen molar-refractivity contribution in [1.82, 2.24) is 4.90 Å². The number of carbonyl (C=O) groups is 2. The zero-order valence-electron chi connectivity index (χ0n) is 14.7. The van der Waals surface area contributed by atoms with E-state index < -0.39 is 0 Å². The molecule has 2 N–H and O–H groups in total. The van der Waals surface area contributed by atoms with Gasteiger partial charge in [0, 0.05) is 23.2 Å². The lowest BCUT2D eigenvalue weighted by molar-refractivity contribution is -0.862. The summed E-state index contributed by atoms with van der Waals surface area (Å²) in [5, 5.41) is 2.92. The Morgan fingerprint density at radius 1 is 1.29 bits per heavy atom. The van der Waals surface area contributed by atoms with Crippen molar-refractivity contribution in [3.8, 4) is 0 Å². The van der Waals surface area contributed by atoms with Crippen LogP contribution in [0.2, 0.25) is 0 Å². The Hall–Kier alpha value is -1.40. The first-order chi connectivity index (χ1) is 11.3. The first-order valence-corrected chi connectivity index (χ1v) is 9.29. The van der Waals surface area contributed by atoms with Crippen molar-refractivity contribution in [2.75, 3.05) is 38.5 Å². The number of likely N-dealkylation sites (tertiary alicyclic amines) is 1. The van der Waals surface area contributed by atoms with E-state index in [0.29, 0.717) is 12.5 Å². The van der Waals surface area contributed by atoms with Crippen LogP contribution >= 0.6 is 15.9 Å². The average molecular weight is 397 g/mol. The minimum absolute atomic E-state index is 0.0713. The topological polar surface area (TPSA) is 53.9 Å². The van der Waals surface area contributed by atoms with Crippen LogP contribution in [0, 0.1) is 12.8 Å². The van der Waals surface area contributed by atoms with Crippen molar-refractivity contribution < 1.29 is 14.5 Å². The van der Waals surface area contributed by atoms with Crippen molar-refractivity contribution in [1.29, 1.82) is 0 Å². The summed E-state index contributed by atoms with van der Waals surface area (Å²) < 4.78 is 0.988. The lowest BCUT2D eigenvalue weighted by atomic mass is 9.99. The number of rotatable bonds is 5. The molecule has 24 heavy (non-hydrogen) atoms. The van der Waals surface area contributed by atoms with Gasteiger partial charge in [0.15, 0.2) is 13.1 Å². The van der Waals surface area contributed by atoms with Crippen molar-refractivity contribution in [2.24, 2.45) is 5.92 Å². The molecular weight excluding hydrogens is 370 g/mol. The number of quaternary nitrogens is 1. The molecule has 0 radical (unpaired) electrons. The molecule has 2 rings (SSSR count). The number of halogens is 1. The van der Waals surface area contributed by atoms with Gasteiger partial charge in [-0.3, -0.25) is 9.59 Å². The normalized spacial score (nSPS) is 16.8. The average Bonchev–Trinajstić information content (AvgIpc) is 2.50.